The lowest BCUT2D eigenvalue weighted by molar-refractivity contribution is -0.116. The summed E-state index contributed by atoms with van der Waals surface area (Å²) in [6, 6.07) is 12.1. The van der Waals surface area contributed by atoms with Crippen LogP contribution in [0.2, 0.25) is 0 Å². The molecule has 3 rings (SSSR count). The van der Waals surface area contributed by atoms with E-state index in [4.69, 9.17) is 4.42 Å². The molecular formula is C24H35N5O2. The molecule has 1 aliphatic heterocycles. The molecule has 7 nitrogen and oxygen atoms in total. The zero-order valence-electron chi connectivity index (χ0n) is 18.9. The summed E-state index contributed by atoms with van der Waals surface area (Å²) in [7, 11) is 1.77. The number of hydrogen-bond donors (Lipinski definition) is 3. The maximum atomic E-state index is 12.0. The number of aliphatic imine (C=N–C) groups is 1. The van der Waals surface area contributed by atoms with Crippen LogP contribution in [0, 0.1) is 5.92 Å². The summed E-state index contributed by atoms with van der Waals surface area (Å²) < 4.78 is 5.70. The zero-order valence-corrected chi connectivity index (χ0v) is 18.9. The minimum atomic E-state index is 0.0449. The van der Waals surface area contributed by atoms with Crippen molar-refractivity contribution in [2.75, 3.05) is 32.0 Å². The van der Waals surface area contributed by atoms with Crippen molar-refractivity contribution in [3.8, 4) is 0 Å². The topological polar surface area (TPSA) is 81.9 Å². The molecule has 1 unspecified atom stereocenters. The summed E-state index contributed by atoms with van der Waals surface area (Å²) >= 11 is 0. The molecule has 3 N–H and O–H groups in total. The van der Waals surface area contributed by atoms with Gasteiger partial charge in [-0.2, -0.15) is 0 Å². The van der Waals surface area contributed by atoms with E-state index in [0.717, 1.165) is 42.6 Å². The van der Waals surface area contributed by atoms with Crippen LogP contribution in [0.15, 0.2) is 52.1 Å². The average Bonchev–Trinajstić information content (AvgIpc) is 3.45. The summed E-state index contributed by atoms with van der Waals surface area (Å²) in [6.07, 6.45) is 4.72. The molecule has 1 aromatic heterocycles. The van der Waals surface area contributed by atoms with Crippen LogP contribution in [-0.4, -0.2) is 43.4 Å². The van der Waals surface area contributed by atoms with Crippen molar-refractivity contribution < 1.29 is 9.21 Å². The number of nitrogens with zero attached hydrogens (tertiary/aromatic N) is 2. The minimum Gasteiger partial charge on any atom is -0.468 e. The SMILES string of the molecule is CN=C(NCc1cccc(NC(=O)CC(C)C)c1)NCC(c1ccco1)N1CCCC1. The third kappa shape index (κ3) is 7.14. The fraction of sp³-hybridized carbons (Fsp3) is 0.500. The number of rotatable bonds is 9. The Labute approximate surface area is 185 Å². The Hall–Kier alpha value is -2.80. The molecule has 0 radical (unpaired) electrons. The van der Waals surface area contributed by atoms with E-state index >= 15 is 0 Å². The number of benzene rings is 1. The van der Waals surface area contributed by atoms with E-state index < -0.39 is 0 Å². The summed E-state index contributed by atoms with van der Waals surface area (Å²) in [6.45, 7) is 7.60. The lowest BCUT2D eigenvalue weighted by Gasteiger charge is -2.26. The lowest BCUT2D eigenvalue weighted by atomic mass is 10.1. The fourth-order valence-electron chi connectivity index (χ4n) is 3.89. The van der Waals surface area contributed by atoms with Gasteiger partial charge < -0.3 is 20.4 Å². The van der Waals surface area contributed by atoms with E-state index in [1.807, 2.05) is 50.2 Å². The molecule has 168 valence electrons. The Morgan fingerprint density at radius 3 is 2.65 bits per heavy atom. The maximum absolute atomic E-state index is 12.0. The van der Waals surface area contributed by atoms with Gasteiger partial charge in [0.1, 0.15) is 5.76 Å². The van der Waals surface area contributed by atoms with Gasteiger partial charge in [-0.15, -0.1) is 0 Å². The lowest BCUT2D eigenvalue weighted by Crippen LogP contribution is -2.42. The Balaban J connectivity index is 1.53. The van der Waals surface area contributed by atoms with E-state index in [9.17, 15) is 4.79 Å². The van der Waals surface area contributed by atoms with Crippen LogP contribution in [0.3, 0.4) is 0 Å². The first kappa shape index (κ1) is 22.9. The van der Waals surface area contributed by atoms with Crippen molar-refractivity contribution in [1.82, 2.24) is 15.5 Å². The molecule has 0 saturated carbocycles. The molecule has 0 bridgehead atoms. The van der Waals surface area contributed by atoms with Gasteiger partial charge in [-0.1, -0.05) is 26.0 Å². The third-order valence-corrected chi connectivity index (χ3v) is 5.40. The molecule has 7 heteroatoms. The van der Waals surface area contributed by atoms with Gasteiger partial charge in [0.25, 0.3) is 0 Å². The van der Waals surface area contributed by atoms with E-state index in [2.05, 4.69) is 25.8 Å². The summed E-state index contributed by atoms with van der Waals surface area (Å²) in [4.78, 5) is 18.9. The second kappa shape index (κ2) is 11.6. The number of carbonyl (C=O) groups excluding carboxylic acids is 1. The number of carbonyl (C=O) groups is 1. The average molecular weight is 426 g/mol. The van der Waals surface area contributed by atoms with Gasteiger partial charge in [-0.05, 0) is 61.7 Å². The highest BCUT2D eigenvalue weighted by Gasteiger charge is 2.25. The highest BCUT2D eigenvalue weighted by atomic mass is 16.3. The van der Waals surface area contributed by atoms with Crippen LogP contribution in [0.4, 0.5) is 5.69 Å². The summed E-state index contributed by atoms with van der Waals surface area (Å²) in [5, 5.41) is 9.78. The van der Waals surface area contributed by atoms with E-state index in [1.165, 1.54) is 12.8 Å². The molecule has 0 aliphatic carbocycles. The number of furan rings is 1. The largest absolute Gasteiger partial charge is 0.468 e. The van der Waals surface area contributed by atoms with Gasteiger partial charge in [-0.25, -0.2) is 0 Å². The van der Waals surface area contributed by atoms with Gasteiger partial charge in [0.05, 0.1) is 12.3 Å². The van der Waals surface area contributed by atoms with Crippen LogP contribution in [0.25, 0.3) is 0 Å². The van der Waals surface area contributed by atoms with Gasteiger partial charge in [0, 0.05) is 32.2 Å². The molecule has 1 fully saturated rings. The first-order valence-corrected chi connectivity index (χ1v) is 11.2. The van der Waals surface area contributed by atoms with Crippen molar-refractivity contribution in [2.45, 2.75) is 45.7 Å². The molecule has 1 aromatic carbocycles. The number of anilines is 1. The first-order valence-electron chi connectivity index (χ1n) is 11.2. The molecule has 31 heavy (non-hydrogen) atoms. The molecule has 1 saturated heterocycles. The quantitative estimate of drug-likeness (QED) is 0.421. The predicted molar refractivity (Wildman–Crippen MR) is 125 cm³/mol. The zero-order chi connectivity index (χ0) is 22.1. The second-order valence-corrected chi connectivity index (χ2v) is 8.43. The molecule has 1 aliphatic rings. The number of likely N-dealkylation sites (tertiary alicyclic amines) is 1. The van der Waals surface area contributed by atoms with Crippen LogP contribution in [-0.2, 0) is 11.3 Å². The van der Waals surface area contributed by atoms with E-state index in [-0.39, 0.29) is 11.9 Å². The van der Waals surface area contributed by atoms with Crippen molar-refractivity contribution in [3.63, 3.8) is 0 Å². The Morgan fingerprint density at radius 1 is 1.16 bits per heavy atom. The molecule has 0 spiro atoms. The van der Waals surface area contributed by atoms with Crippen LogP contribution < -0.4 is 16.0 Å². The number of amides is 1. The van der Waals surface area contributed by atoms with Crippen molar-refractivity contribution in [3.05, 3.63) is 54.0 Å². The van der Waals surface area contributed by atoms with Crippen LogP contribution in [0.1, 0.15) is 50.5 Å². The number of hydrogen-bond acceptors (Lipinski definition) is 4. The highest BCUT2D eigenvalue weighted by molar-refractivity contribution is 5.90. The third-order valence-electron chi connectivity index (χ3n) is 5.40. The van der Waals surface area contributed by atoms with Crippen molar-refractivity contribution in [1.29, 1.82) is 0 Å². The van der Waals surface area contributed by atoms with Crippen LogP contribution >= 0.6 is 0 Å². The maximum Gasteiger partial charge on any atom is 0.224 e. The Bertz CT molecular complexity index is 841. The van der Waals surface area contributed by atoms with Gasteiger partial charge in [0.15, 0.2) is 5.96 Å². The number of guanidine groups is 1. The molecule has 2 heterocycles. The standard InChI is InChI=1S/C24H35N5O2/c1-18(2)14-23(30)28-20-9-6-8-19(15-20)16-26-24(25-3)27-17-21(22-10-7-13-31-22)29-11-4-5-12-29/h6-10,13,15,18,21H,4-5,11-12,14,16-17H2,1-3H3,(H,28,30)(H2,25,26,27). The van der Waals surface area contributed by atoms with Gasteiger partial charge in [-0.3, -0.25) is 14.7 Å². The highest BCUT2D eigenvalue weighted by Crippen LogP contribution is 2.24. The van der Waals surface area contributed by atoms with Crippen molar-refractivity contribution in [2.24, 2.45) is 10.9 Å². The first-order chi connectivity index (χ1) is 15.0. The summed E-state index contributed by atoms with van der Waals surface area (Å²) in [5.74, 6) is 2.10. The number of nitrogens with one attached hydrogen (secondary N) is 3. The molecule has 1 amide bonds. The van der Waals surface area contributed by atoms with Crippen LogP contribution in [0.5, 0.6) is 0 Å². The van der Waals surface area contributed by atoms with Gasteiger partial charge >= 0.3 is 0 Å². The molecule has 2 aromatic rings. The normalized spacial score (nSPS) is 15.8. The van der Waals surface area contributed by atoms with E-state index in [0.29, 0.717) is 18.9 Å². The smallest absolute Gasteiger partial charge is 0.224 e. The Morgan fingerprint density at radius 2 is 1.97 bits per heavy atom. The van der Waals surface area contributed by atoms with Crippen molar-refractivity contribution >= 4 is 17.6 Å². The van der Waals surface area contributed by atoms with E-state index in [1.54, 1.807) is 13.3 Å². The fourth-order valence-corrected chi connectivity index (χ4v) is 3.89. The molecule has 1 atom stereocenters. The molecular weight excluding hydrogens is 390 g/mol. The minimum absolute atomic E-state index is 0.0449. The Kier molecular flexibility index (Phi) is 8.53. The second-order valence-electron chi connectivity index (χ2n) is 8.43. The van der Waals surface area contributed by atoms with Gasteiger partial charge in [0.2, 0.25) is 5.91 Å². The summed E-state index contributed by atoms with van der Waals surface area (Å²) in [5.41, 5.74) is 1.90. The predicted octanol–water partition coefficient (Wildman–Crippen LogP) is 3.77. The monoisotopic (exact) mass is 425 g/mol.